The van der Waals surface area contributed by atoms with Gasteiger partial charge >= 0.3 is 12.1 Å². The van der Waals surface area contributed by atoms with Crippen LogP contribution in [0.4, 0.5) is 18.2 Å². The number of thiophene rings is 1. The van der Waals surface area contributed by atoms with Crippen molar-refractivity contribution in [1.29, 1.82) is 0 Å². The monoisotopic (exact) mass is 633 g/mol. The predicted molar refractivity (Wildman–Crippen MR) is 152 cm³/mol. The number of fused-ring (bicyclic) bond motifs is 1. The molecule has 1 atom stereocenters. The molecule has 0 spiro atoms. The summed E-state index contributed by atoms with van der Waals surface area (Å²) < 4.78 is 52.3. The molecule has 10 nitrogen and oxygen atoms in total. The number of amides is 2. The van der Waals surface area contributed by atoms with Gasteiger partial charge in [0.15, 0.2) is 16.7 Å². The Morgan fingerprint density at radius 1 is 1.19 bits per heavy atom. The Kier molecular flexibility index (Phi) is 8.92. The fourth-order valence-corrected chi connectivity index (χ4v) is 6.73. The first kappa shape index (κ1) is 30.4. The van der Waals surface area contributed by atoms with Crippen LogP contribution in [0.3, 0.4) is 0 Å². The third-order valence-electron chi connectivity index (χ3n) is 6.57. The lowest BCUT2D eigenvalue weighted by Crippen LogP contribution is -2.25. The first-order valence-electron chi connectivity index (χ1n) is 13.3. The van der Waals surface area contributed by atoms with E-state index in [4.69, 9.17) is 9.15 Å². The second-order valence-electron chi connectivity index (χ2n) is 9.47. The van der Waals surface area contributed by atoms with Crippen molar-refractivity contribution in [2.24, 2.45) is 0 Å². The topological polar surface area (TPSA) is 128 Å². The molecular weight excluding hydrogens is 607 g/mol. The zero-order chi connectivity index (χ0) is 30.7. The molecule has 1 aliphatic carbocycles. The number of aryl methyl sites for hydroxylation is 1. The van der Waals surface area contributed by atoms with Crippen molar-refractivity contribution in [3.63, 3.8) is 0 Å². The lowest BCUT2D eigenvalue weighted by atomic mass is 10.1. The minimum Gasteiger partial charge on any atom is -0.462 e. The second-order valence-corrected chi connectivity index (χ2v) is 11.9. The fourth-order valence-electron chi connectivity index (χ4n) is 4.56. The summed E-state index contributed by atoms with van der Waals surface area (Å²) in [7, 11) is 0. The van der Waals surface area contributed by atoms with Crippen LogP contribution >= 0.6 is 23.1 Å². The number of nitrogens with one attached hydrogen (secondary N) is 2. The summed E-state index contributed by atoms with van der Waals surface area (Å²) in [5, 5.41) is 13.4. The molecule has 0 saturated heterocycles. The molecule has 4 aromatic rings. The highest BCUT2D eigenvalue weighted by Gasteiger charge is 2.32. The Labute approximate surface area is 252 Å². The molecule has 15 heteroatoms. The molecule has 2 amide bonds. The summed E-state index contributed by atoms with van der Waals surface area (Å²) >= 11 is 2.31. The Balaban J connectivity index is 1.40. The molecule has 5 rings (SSSR count). The minimum atomic E-state index is -4.60. The van der Waals surface area contributed by atoms with E-state index in [9.17, 15) is 27.6 Å². The lowest BCUT2D eigenvalue weighted by Gasteiger charge is -2.15. The summed E-state index contributed by atoms with van der Waals surface area (Å²) in [6.45, 7) is 3.32. The molecule has 0 saturated carbocycles. The summed E-state index contributed by atoms with van der Waals surface area (Å²) in [4.78, 5) is 39.5. The number of hydrogen-bond acceptors (Lipinski definition) is 9. The molecule has 3 heterocycles. The molecule has 43 heavy (non-hydrogen) atoms. The molecule has 3 aromatic heterocycles. The number of thioether (sulfide) groups is 1. The second kappa shape index (κ2) is 12.6. The van der Waals surface area contributed by atoms with Crippen molar-refractivity contribution in [3.8, 4) is 5.69 Å². The van der Waals surface area contributed by atoms with Gasteiger partial charge in [0.25, 0.3) is 5.91 Å². The number of hydrogen-bond donors (Lipinski definition) is 2. The molecule has 1 aromatic carbocycles. The van der Waals surface area contributed by atoms with Crippen LogP contribution in [0.5, 0.6) is 0 Å². The van der Waals surface area contributed by atoms with E-state index < -0.39 is 34.8 Å². The van der Waals surface area contributed by atoms with Crippen molar-refractivity contribution in [3.05, 3.63) is 75.8 Å². The summed E-state index contributed by atoms with van der Waals surface area (Å²) in [5.41, 5.74) is 0.468. The van der Waals surface area contributed by atoms with E-state index in [1.807, 2.05) is 0 Å². The largest absolute Gasteiger partial charge is 0.462 e. The maximum absolute atomic E-state index is 13.5. The SMILES string of the molecule is CCOC(=O)c1c(NC(=O)[C@@H](C)Sc2nnc(CNC(=O)c3ccco3)n2-c2cccc(C(F)(F)F)c2)sc2c1CCC2. The summed E-state index contributed by atoms with van der Waals surface area (Å²) in [6.07, 6.45) is -0.814. The van der Waals surface area contributed by atoms with E-state index in [2.05, 4.69) is 20.8 Å². The molecule has 0 unspecified atom stereocenters. The molecule has 2 N–H and O–H groups in total. The number of esters is 1. The number of aromatic nitrogens is 3. The average Bonchev–Trinajstić information content (AvgIpc) is 3.76. The van der Waals surface area contributed by atoms with Crippen molar-refractivity contribution in [2.75, 3.05) is 11.9 Å². The molecule has 0 fully saturated rings. The number of halogens is 3. The molecular formula is C28H26F3N5O5S2. The van der Waals surface area contributed by atoms with Crippen LogP contribution in [0.2, 0.25) is 0 Å². The van der Waals surface area contributed by atoms with Crippen LogP contribution in [0, 0.1) is 0 Å². The van der Waals surface area contributed by atoms with E-state index in [-0.39, 0.29) is 35.6 Å². The van der Waals surface area contributed by atoms with E-state index in [0.29, 0.717) is 10.6 Å². The third kappa shape index (κ3) is 6.62. The van der Waals surface area contributed by atoms with Gasteiger partial charge in [0.1, 0.15) is 5.00 Å². The van der Waals surface area contributed by atoms with Gasteiger partial charge in [-0.05, 0) is 69.0 Å². The van der Waals surface area contributed by atoms with Crippen molar-refractivity contribution >= 4 is 45.9 Å². The van der Waals surface area contributed by atoms with Crippen molar-refractivity contribution < 1.29 is 36.7 Å². The number of furan rings is 1. The summed E-state index contributed by atoms with van der Waals surface area (Å²) in [6, 6.07) is 7.58. The average molecular weight is 634 g/mol. The first-order chi connectivity index (χ1) is 20.6. The number of ether oxygens (including phenoxy) is 1. The Morgan fingerprint density at radius 3 is 2.72 bits per heavy atom. The van der Waals surface area contributed by atoms with Gasteiger partial charge in [0, 0.05) is 4.88 Å². The van der Waals surface area contributed by atoms with Crippen LogP contribution in [-0.4, -0.2) is 44.4 Å². The molecule has 0 bridgehead atoms. The van der Waals surface area contributed by atoms with Gasteiger partial charge < -0.3 is 19.8 Å². The van der Waals surface area contributed by atoms with Crippen LogP contribution in [-0.2, 0) is 35.1 Å². The molecule has 0 aliphatic heterocycles. The molecule has 1 aliphatic rings. The highest BCUT2D eigenvalue weighted by atomic mass is 32.2. The molecule has 0 radical (unpaired) electrons. The normalized spacial score (nSPS) is 13.4. The fraction of sp³-hybridized carbons (Fsp3) is 0.321. The number of anilines is 1. The van der Waals surface area contributed by atoms with Gasteiger partial charge in [-0.2, -0.15) is 13.2 Å². The number of carbonyl (C=O) groups excluding carboxylic acids is 3. The van der Waals surface area contributed by atoms with Gasteiger partial charge in [-0.1, -0.05) is 17.8 Å². The highest BCUT2D eigenvalue weighted by Crippen LogP contribution is 2.40. The van der Waals surface area contributed by atoms with Gasteiger partial charge in [-0.15, -0.1) is 21.5 Å². The summed E-state index contributed by atoms with van der Waals surface area (Å²) in [5.74, 6) is -1.31. The predicted octanol–water partition coefficient (Wildman–Crippen LogP) is 5.66. The number of carbonyl (C=O) groups is 3. The lowest BCUT2D eigenvalue weighted by molar-refractivity contribution is -0.137. The highest BCUT2D eigenvalue weighted by molar-refractivity contribution is 8.00. The number of rotatable bonds is 10. The quantitative estimate of drug-likeness (QED) is 0.169. The first-order valence-corrected chi connectivity index (χ1v) is 15.0. The number of benzene rings is 1. The van der Waals surface area contributed by atoms with E-state index in [1.165, 1.54) is 40.4 Å². The van der Waals surface area contributed by atoms with E-state index >= 15 is 0 Å². The van der Waals surface area contributed by atoms with Crippen LogP contribution in [0.25, 0.3) is 5.69 Å². The maximum Gasteiger partial charge on any atom is 0.416 e. The number of nitrogens with zero attached hydrogens (tertiary/aromatic N) is 3. The van der Waals surface area contributed by atoms with E-state index in [1.54, 1.807) is 19.9 Å². The van der Waals surface area contributed by atoms with Crippen LogP contribution in [0.1, 0.15) is 63.0 Å². The standard InChI is InChI=1S/C28H26F3N5O5S2/c1-3-40-26(39)22-18-9-5-11-20(18)43-25(22)33-23(37)15(2)42-27-35-34-21(14-32-24(38)19-10-6-12-41-19)36(27)17-8-4-7-16(13-17)28(29,30)31/h4,6-8,10,12-13,15H,3,5,9,11,14H2,1-2H3,(H,32,38)(H,33,37)/t15-/m1/s1. The molecule has 226 valence electrons. The zero-order valence-electron chi connectivity index (χ0n) is 23.0. The third-order valence-corrected chi connectivity index (χ3v) is 8.82. The zero-order valence-corrected chi connectivity index (χ0v) is 24.6. The Morgan fingerprint density at radius 2 is 2.00 bits per heavy atom. The smallest absolute Gasteiger partial charge is 0.416 e. The van der Waals surface area contributed by atoms with Gasteiger partial charge in [-0.3, -0.25) is 14.2 Å². The van der Waals surface area contributed by atoms with Crippen molar-refractivity contribution in [1.82, 2.24) is 20.1 Å². The van der Waals surface area contributed by atoms with Crippen LogP contribution in [0.15, 0.2) is 52.2 Å². The van der Waals surface area contributed by atoms with Crippen LogP contribution < -0.4 is 10.6 Å². The van der Waals surface area contributed by atoms with Gasteiger partial charge in [-0.25, -0.2) is 4.79 Å². The van der Waals surface area contributed by atoms with E-state index in [0.717, 1.165) is 53.6 Å². The number of alkyl halides is 3. The minimum absolute atomic E-state index is 0.0479. The van der Waals surface area contributed by atoms with Gasteiger partial charge in [0.05, 0.1) is 41.5 Å². The Bertz CT molecular complexity index is 1650. The Hall–Kier alpha value is -4.11. The van der Waals surface area contributed by atoms with Crippen molar-refractivity contribution in [2.45, 2.75) is 56.2 Å². The van der Waals surface area contributed by atoms with Gasteiger partial charge in [0.2, 0.25) is 5.91 Å². The maximum atomic E-state index is 13.5.